The number of carbonyl (C=O) groups excluding carboxylic acids is 2. The summed E-state index contributed by atoms with van der Waals surface area (Å²) < 4.78 is 44.2. The molecule has 0 aliphatic carbocycles. The summed E-state index contributed by atoms with van der Waals surface area (Å²) in [5.74, 6) is -1.24. The number of benzene rings is 3. The molecule has 1 fully saturated rings. The summed E-state index contributed by atoms with van der Waals surface area (Å²) in [4.78, 5) is 27.6. The molecule has 0 bridgehead atoms. The molecule has 2 amide bonds. The number of nitrogens with zero attached hydrogens (tertiary/aromatic N) is 1. The lowest BCUT2D eigenvalue weighted by Crippen LogP contribution is -2.43. The van der Waals surface area contributed by atoms with E-state index >= 15 is 0 Å². The minimum Gasteiger partial charge on any atom is -0.508 e. The minimum atomic E-state index is -4.46. The van der Waals surface area contributed by atoms with Crippen molar-refractivity contribution in [2.24, 2.45) is 5.92 Å². The highest BCUT2D eigenvalue weighted by Gasteiger charge is 2.41. The van der Waals surface area contributed by atoms with Crippen molar-refractivity contribution >= 4 is 12.0 Å². The molecule has 2 atom stereocenters. The maximum Gasteiger partial charge on any atom is 0.417 e. The second-order valence-electron chi connectivity index (χ2n) is 9.70. The number of rotatable bonds is 7. The quantitative estimate of drug-likeness (QED) is 0.379. The van der Waals surface area contributed by atoms with Gasteiger partial charge in [-0.2, -0.15) is 13.2 Å². The van der Waals surface area contributed by atoms with Gasteiger partial charge >= 0.3 is 12.3 Å². The van der Waals surface area contributed by atoms with Crippen molar-refractivity contribution in [2.75, 3.05) is 6.61 Å². The average Bonchev–Trinajstić information content (AvgIpc) is 3.21. The van der Waals surface area contributed by atoms with E-state index in [1.807, 2.05) is 44.2 Å². The van der Waals surface area contributed by atoms with Crippen LogP contribution in [0, 0.1) is 5.92 Å². The summed E-state index contributed by atoms with van der Waals surface area (Å²) in [5, 5.41) is 10.5. The second kappa shape index (κ2) is 10.7. The first-order valence-corrected chi connectivity index (χ1v) is 12.1. The van der Waals surface area contributed by atoms with E-state index in [-0.39, 0.29) is 18.3 Å². The van der Waals surface area contributed by atoms with Crippen LogP contribution in [-0.2, 0) is 22.1 Å². The molecule has 1 aliphatic heterocycles. The minimum absolute atomic E-state index is 0.0806. The molecular weight excluding hydrogens is 483 g/mol. The topological polar surface area (TPSA) is 66.8 Å². The fourth-order valence-electron chi connectivity index (χ4n) is 4.64. The van der Waals surface area contributed by atoms with Gasteiger partial charge in [-0.3, -0.25) is 4.79 Å². The van der Waals surface area contributed by atoms with Crippen molar-refractivity contribution in [1.82, 2.24) is 4.90 Å². The van der Waals surface area contributed by atoms with Crippen molar-refractivity contribution in [2.45, 2.75) is 44.8 Å². The number of aromatic hydroxyl groups is 1. The molecule has 0 radical (unpaired) electrons. The van der Waals surface area contributed by atoms with E-state index in [1.54, 1.807) is 6.07 Å². The van der Waals surface area contributed by atoms with E-state index in [0.29, 0.717) is 29.5 Å². The average molecular weight is 512 g/mol. The number of phenols is 1. The van der Waals surface area contributed by atoms with Crippen molar-refractivity contribution in [1.29, 1.82) is 0 Å². The Kier molecular flexibility index (Phi) is 7.57. The predicted molar refractivity (Wildman–Crippen MR) is 133 cm³/mol. The van der Waals surface area contributed by atoms with Crippen LogP contribution in [0.25, 0.3) is 11.1 Å². The summed E-state index contributed by atoms with van der Waals surface area (Å²) in [6.07, 6.45) is -4.32. The summed E-state index contributed by atoms with van der Waals surface area (Å²) >= 11 is 0. The molecule has 0 aromatic heterocycles. The highest BCUT2D eigenvalue weighted by atomic mass is 19.4. The molecule has 0 saturated carbocycles. The highest BCUT2D eigenvalue weighted by molar-refractivity contribution is 5.97. The van der Waals surface area contributed by atoms with Crippen LogP contribution in [0.1, 0.15) is 42.9 Å². The van der Waals surface area contributed by atoms with Gasteiger partial charge in [-0.05, 0) is 65.3 Å². The number of amides is 2. The fourth-order valence-corrected chi connectivity index (χ4v) is 4.64. The van der Waals surface area contributed by atoms with Crippen molar-refractivity contribution in [3.63, 3.8) is 0 Å². The molecule has 1 heterocycles. The summed E-state index contributed by atoms with van der Waals surface area (Å²) in [6, 6.07) is 18.2. The smallest absolute Gasteiger partial charge is 0.417 e. The van der Waals surface area contributed by atoms with Crippen LogP contribution in [0.15, 0.2) is 72.8 Å². The van der Waals surface area contributed by atoms with Crippen molar-refractivity contribution in [3.05, 3.63) is 89.5 Å². The Hall–Kier alpha value is -3.81. The third kappa shape index (κ3) is 6.13. The zero-order valence-electron chi connectivity index (χ0n) is 20.5. The van der Waals surface area contributed by atoms with Gasteiger partial charge in [-0.15, -0.1) is 0 Å². The number of halogens is 3. The lowest BCUT2D eigenvalue weighted by molar-refractivity contribution is -0.137. The fraction of sp³-hybridized carbons (Fsp3) is 0.310. The lowest BCUT2D eigenvalue weighted by Gasteiger charge is -2.27. The van der Waals surface area contributed by atoms with Gasteiger partial charge in [0.05, 0.1) is 17.5 Å². The zero-order valence-corrected chi connectivity index (χ0v) is 20.5. The first-order valence-electron chi connectivity index (χ1n) is 12.1. The van der Waals surface area contributed by atoms with Crippen molar-refractivity contribution < 1.29 is 32.6 Å². The molecule has 5 nitrogen and oxygen atoms in total. The van der Waals surface area contributed by atoms with Gasteiger partial charge in [0, 0.05) is 0 Å². The van der Waals surface area contributed by atoms with Crippen LogP contribution in [0.3, 0.4) is 0 Å². The van der Waals surface area contributed by atoms with Crippen LogP contribution in [0.5, 0.6) is 5.75 Å². The third-order valence-electron chi connectivity index (χ3n) is 6.41. The number of phenolic OH excluding ortho intramolecular Hbond substituents is 1. The van der Waals surface area contributed by atoms with Crippen molar-refractivity contribution in [3.8, 4) is 16.9 Å². The summed E-state index contributed by atoms with van der Waals surface area (Å²) in [5.41, 5.74) is 1.60. The van der Waals surface area contributed by atoms with Gasteiger partial charge in [0.25, 0.3) is 0 Å². The Bertz CT molecular complexity index is 1260. The molecule has 194 valence electrons. The van der Waals surface area contributed by atoms with Crippen LogP contribution in [-0.4, -0.2) is 34.7 Å². The van der Waals surface area contributed by atoms with E-state index < -0.39 is 35.7 Å². The lowest BCUT2D eigenvalue weighted by atomic mass is 9.86. The Morgan fingerprint density at radius 2 is 1.70 bits per heavy atom. The molecule has 1 saturated heterocycles. The van der Waals surface area contributed by atoms with E-state index in [9.17, 15) is 27.9 Å². The summed E-state index contributed by atoms with van der Waals surface area (Å²) in [6.45, 7) is 3.98. The largest absolute Gasteiger partial charge is 0.508 e. The Labute approximate surface area is 213 Å². The molecule has 0 unspecified atom stereocenters. The Balaban J connectivity index is 1.67. The Morgan fingerprint density at radius 3 is 2.32 bits per heavy atom. The molecule has 1 aliphatic rings. The zero-order chi connectivity index (χ0) is 26.7. The number of hydrogen-bond acceptors (Lipinski definition) is 4. The first kappa shape index (κ1) is 26.3. The Morgan fingerprint density at radius 1 is 1.03 bits per heavy atom. The SMILES string of the molecule is CC(C)C[C@@H](C(=O)N1C(=O)OC[C@H]1Cc1ccccc1)c1cc(O)cc(-c2ccc(C(F)(F)F)cc2)c1. The maximum atomic E-state index is 13.8. The predicted octanol–water partition coefficient (Wildman–Crippen LogP) is 6.80. The van der Waals surface area contributed by atoms with Gasteiger partial charge in [0.2, 0.25) is 5.91 Å². The van der Waals surface area contributed by atoms with Crippen LogP contribution in [0.4, 0.5) is 18.0 Å². The number of carbonyl (C=O) groups is 2. The molecule has 4 rings (SSSR count). The highest BCUT2D eigenvalue weighted by Crippen LogP contribution is 2.36. The number of imide groups is 1. The van der Waals surface area contributed by atoms with E-state index in [2.05, 4.69) is 0 Å². The number of ether oxygens (including phenoxy) is 1. The third-order valence-corrected chi connectivity index (χ3v) is 6.41. The monoisotopic (exact) mass is 511 g/mol. The van der Waals surface area contributed by atoms with Crippen LogP contribution in [0.2, 0.25) is 0 Å². The van der Waals surface area contributed by atoms with Gasteiger partial charge < -0.3 is 9.84 Å². The molecule has 3 aromatic rings. The van der Waals surface area contributed by atoms with Crippen LogP contribution < -0.4 is 0 Å². The molecular formula is C29H28F3NO4. The molecule has 8 heteroatoms. The molecule has 3 aromatic carbocycles. The maximum absolute atomic E-state index is 13.8. The van der Waals surface area contributed by atoms with Gasteiger partial charge in [-0.25, -0.2) is 9.69 Å². The van der Waals surface area contributed by atoms with Crippen LogP contribution >= 0.6 is 0 Å². The second-order valence-corrected chi connectivity index (χ2v) is 9.70. The molecule has 1 N–H and O–H groups in total. The summed E-state index contributed by atoms with van der Waals surface area (Å²) in [7, 11) is 0. The number of alkyl halides is 3. The number of cyclic esters (lactones) is 1. The van der Waals surface area contributed by atoms with Gasteiger partial charge in [-0.1, -0.05) is 62.4 Å². The number of hydrogen-bond donors (Lipinski definition) is 1. The normalized spacial score (nSPS) is 16.6. The van der Waals surface area contributed by atoms with E-state index in [0.717, 1.165) is 17.7 Å². The van der Waals surface area contributed by atoms with E-state index in [4.69, 9.17) is 4.74 Å². The molecule has 0 spiro atoms. The van der Waals surface area contributed by atoms with Gasteiger partial charge in [0.1, 0.15) is 12.4 Å². The van der Waals surface area contributed by atoms with Gasteiger partial charge in [0.15, 0.2) is 0 Å². The molecule has 37 heavy (non-hydrogen) atoms. The standard InChI is InChI=1S/C29H28F3NO4/c1-18(2)12-26(27(35)33-24(17-37-28(33)36)13-19-6-4-3-5-7-19)22-14-21(15-25(34)16-22)20-8-10-23(11-9-20)29(30,31)32/h3-11,14-16,18,24,26,34H,12-13,17H2,1-2H3/t24-,26-/m1/s1. The first-order chi connectivity index (χ1) is 17.5. The van der Waals surface area contributed by atoms with E-state index in [1.165, 1.54) is 29.2 Å².